The van der Waals surface area contributed by atoms with E-state index in [1.165, 1.54) is 0 Å². The molecule has 2 aromatic carbocycles. The van der Waals surface area contributed by atoms with E-state index in [1.54, 1.807) is 0 Å². The molecule has 152 valence electrons. The Bertz CT molecular complexity index is 948. The molecule has 5 heteroatoms. The predicted octanol–water partition coefficient (Wildman–Crippen LogP) is 4.68. The lowest BCUT2D eigenvalue weighted by atomic mass is 9.97. The van der Waals surface area contributed by atoms with Crippen molar-refractivity contribution in [3.05, 3.63) is 71.9 Å². The molecular weight excluding hydrogens is 362 g/mol. The van der Waals surface area contributed by atoms with Gasteiger partial charge < -0.3 is 10.4 Å². The molecule has 1 heterocycles. The molecule has 0 aliphatic rings. The standard InChI is InChI=1S/C24H29N3O2/c1-17(2)13-19(24(28)29)14-25-15-20-16-27(21-10-5-4-6-11-21)26-23(20)22-12-8-7-9-18(22)3/h4-12,16-17,19,25H,13-15H2,1-3H3,(H,28,29). The second-order valence-electron chi connectivity index (χ2n) is 7.89. The maximum atomic E-state index is 11.5. The molecular formula is C24H29N3O2. The first-order chi connectivity index (χ1) is 14.0. The molecule has 1 aromatic heterocycles. The van der Waals surface area contributed by atoms with Crippen LogP contribution < -0.4 is 5.32 Å². The molecule has 3 rings (SSSR count). The Morgan fingerprint density at radius 2 is 1.79 bits per heavy atom. The first-order valence-corrected chi connectivity index (χ1v) is 10.1. The summed E-state index contributed by atoms with van der Waals surface area (Å²) in [6.45, 7) is 7.19. The van der Waals surface area contributed by atoms with Gasteiger partial charge in [0.25, 0.3) is 0 Å². The molecule has 2 N–H and O–H groups in total. The Labute approximate surface area is 172 Å². The SMILES string of the molecule is Cc1ccccc1-c1nn(-c2ccccc2)cc1CNCC(CC(C)C)C(=O)O. The number of carboxylic acids is 1. The molecule has 0 radical (unpaired) electrons. The monoisotopic (exact) mass is 391 g/mol. The van der Waals surface area contributed by atoms with E-state index in [0.29, 0.717) is 25.4 Å². The van der Waals surface area contributed by atoms with Crippen LogP contribution >= 0.6 is 0 Å². The van der Waals surface area contributed by atoms with Crippen molar-refractivity contribution in [3.8, 4) is 16.9 Å². The van der Waals surface area contributed by atoms with E-state index in [4.69, 9.17) is 5.10 Å². The van der Waals surface area contributed by atoms with Crippen LogP contribution in [-0.2, 0) is 11.3 Å². The third kappa shape index (κ3) is 5.33. The first kappa shape index (κ1) is 20.8. The van der Waals surface area contributed by atoms with Gasteiger partial charge >= 0.3 is 5.97 Å². The van der Waals surface area contributed by atoms with Crippen molar-refractivity contribution in [2.75, 3.05) is 6.54 Å². The van der Waals surface area contributed by atoms with Crippen molar-refractivity contribution >= 4 is 5.97 Å². The van der Waals surface area contributed by atoms with E-state index >= 15 is 0 Å². The maximum Gasteiger partial charge on any atom is 0.307 e. The van der Waals surface area contributed by atoms with Gasteiger partial charge in [-0.15, -0.1) is 0 Å². The highest BCUT2D eigenvalue weighted by Gasteiger charge is 2.19. The van der Waals surface area contributed by atoms with Crippen LogP contribution in [0.15, 0.2) is 60.8 Å². The van der Waals surface area contributed by atoms with Crippen LogP contribution in [0, 0.1) is 18.8 Å². The van der Waals surface area contributed by atoms with Crippen LogP contribution in [0.25, 0.3) is 16.9 Å². The van der Waals surface area contributed by atoms with Crippen molar-refractivity contribution in [2.45, 2.75) is 33.7 Å². The van der Waals surface area contributed by atoms with Gasteiger partial charge in [-0.3, -0.25) is 4.79 Å². The molecule has 5 nitrogen and oxygen atoms in total. The fourth-order valence-corrected chi connectivity index (χ4v) is 3.54. The maximum absolute atomic E-state index is 11.5. The summed E-state index contributed by atoms with van der Waals surface area (Å²) in [4.78, 5) is 11.5. The van der Waals surface area contributed by atoms with Gasteiger partial charge in [-0.05, 0) is 37.0 Å². The zero-order valence-electron chi connectivity index (χ0n) is 17.3. The Balaban J connectivity index is 1.85. The molecule has 0 bridgehead atoms. The number of hydrogen-bond acceptors (Lipinski definition) is 3. The number of aryl methyl sites for hydroxylation is 1. The first-order valence-electron chi connectivity index (χ1n) is 10.1. The highest BCUT2D eigenvalue weighted by molar-refractivity contribution is 5.70. The van der Waals surface area contributed by atoms with Crippen molar-refractivity contribution in [1.82, 2.24) is 15.1 Å². The molecule has 0 saturated heterocycles. The van der Waals surface area contributed by atoms with Crippen LogP contribution in [-0.4, -0.2) is 27.4 Å². The highest BCUT2D eigenvalue weighted by Crippen LogP contribution is 2.26. The zero-order chi connectivity index (χ0) is 20.8. The smallest absolute Gasteiger partial charge is 0.307 e. The van der Waals surface area contributed by atoms with Crippen LogP contribution in [0.2, 0.25) is 0 Å². The van der Waals surface area contributed by atoms with Gasteiger partial charge in [-0.2, -0.15) is 5.10 Å². The average molecular weight is 392 g/mol. The minimum absolute atomic E-state index is 0.348. The van der Waals surface area contributed by atoms with Gasteiger partial charge in [0, 0.05) is 30.4 Å². The Morgan fingerprint density at radius 1 is 1.10 bits per heavy atom. The van der Waals surface area contributed by atoms with Gasteiger partial charge in [0.05, 0.1) is 17.3 Å². The molecule has 1 atom stereocenters. The third-order valence-corrected chi connectivity index (χ3v) is 5.02. The number of nitrogens with zero attached hydrogens (tertiary/aromatic N) is 2. The predicted molar refractivity (Wildman–Crippen MR) is 116 cm³/mol. The summed E-state index contributed by atoms with van der Waals surface area (Å²) in [5.41, 5.74) is 5.23. The van der Waals surface area contributed by atoms with Gasteiger partial charge in [-0.1, -0.05) is 56.3 Å². The molecule has 0 aliphatic heterocycles. The van der Waals surface area contributed by atoms with Crippen molar-refractivity contribution in [2.24, 2.45) is 11.8 Å². The van der Waals surface area contributed by atoms with Crippen LogP contribution in [0.5, 0.6) is 0 Å². The number of para-hydroxylation sites is 1. The van der Waals surface area contributed by atoms with Crippen LogP contribution in [0.3, 0.4) is 0 Å². The van der Waals surface area contributed by atoms with Gasteiger partial charge in [-0.25, -0.2) is 4.68 Å². The second-order valence-corrected chi connectivity index (χ2v) is 7.89. The van der Waals surface area contributed by atoms with E-state index in [9.17, 15) is 9.90 Å². The highest BCUT2D eigenvalue weighted by atomic mass is 16.4. The molecule has 0 aliphatic carbocycles. The van der Waals surface area contributed by atoms with Gasteiger partial charge in [0.2, 0.25) is 0 Å². The van der Waals surface area contributed by atoms with Crippen LogP contribution in [0.4, 0.5) is 0 Å². The average Bonchev–Trinajstić information content (AvgIpc) is 3.12. The Kier molecular flexibility index (Phi) is 6.83. The zero-order valence-corrected chi connectivity index (χ0v) is 17.3. The molecule has 0 saturated carbocycles. The van der Waals surface area contributed by atoms with E-state index in [-0.39, 0.29) is 5.92 Å². The number of aromatic nitrogens is 2. The summed E-state index contributed by atoms with van der Waals surface area (Å²) in [5, 5.41) is 17.7. The molecule has 0 fully saturated rings. The van der Waals surface area contributed by atoms with Crippen molar-refractivity contribution < 1.29 is 9.90 Å². The minimum Gasteiger partial charge on any atom is -0.481 e. The number of rotatable bonds is 9. The largest absolute Gasteiger partial charge is 0.481 e. The molecule has 1 unspecified atom stereocenters. The Hall–Kier alpha value is -2.92. The van der Waals surface area contributed by atoms with E-state index in [2.05, 4.69) is 38.2 Å². The number of benzene rings is 2. The fraction of sp³-hybridized carbons (Fsp3) is 0.333. The molecule has 0 spiro atoms. The summed E-state index contributed by atoms with van der Waals surface area (Å²) in [6.07, 6.45) is 2.69. The number of aliphatic carboxylic acids is 1. The van der Waals surface area contributed by atoms with Gasteiger partial charge in [0.1, 0.15) is 0 Å². The number of carbonyl (C=O) groups is 1. The second kappa shape index (κ2) is 9.52. The fourth-order valence-electron chi connectivity index (χ4n) is 3.54. The van der Waals surface area contributed by atoms with E-state index in [0.717, 1.165) is 28.1 Å². The summed E-state index contributed by atoms with van der Waals surface area (Å²) in [6, 6.07) is 18.2. The normalized spacial score (nSPS) is 12.3. The molecule has 29 heavy (non-hydrogen) atoms. The van der Waals surface area contributed by atoms with E-state index < -0.39 is 5.97 Å². The number of carboxylic acid groups (broad SMARTS) is 1. The quantitative estimate of drug-likeness (QED) is 0.556. The molecule has 3 aromatic rings. The van der Waals surface area contributed by atoms with Crippen LogP contribution in [0.1, 0.15) is 31.4 Å². The third-order valence-electron chi connectivity index (χ3n) is 5.02. The van der Waals surface area contributed by atoms with E-state index in [1.807, 2.05) is 53.3 Å². The lowest BCUT2D eigenvalue weighted by molar-refractivity contribution is -0.142. The topological polar surface area (TPSA) is 67.2 Å². The summed E-state index contributed by atoms with van der Waals surface area (Å²) < 4.78 is 1.89. The Morgan fingerprint density at radius 3 is 2.45 bits per heavy atom. The van der Waals surface area contributed by atoms with Crippen molar-refractivity contribution in [1.29, 1.82) is 0 Å². The molecule has 0 amide bonds. The number of nitrogens with one attached hydrogen (secondary N) is 1. The lowest BCUT2D eigenvalue weighted by Crippen LogP contribution is -2.29. The lowest BCUT2D eigenvalue weighted by Gasteiger charge is -2.15. The van der Waals surface area contributed by atoms with Gasteiger partial charge in [0.15, 0.2) is 0 Å². The van der Waals surface area contributed by atoms with Crippen molar-refractivity contribution in [3.63, 3.8) is 0 Å². The number of hydrogen-bond donors (Lipinski definition) is 2. The summed E-state index contributed by atoms with van der Waals surface area (Å²) in [5.74, 6) is -0.785. The summed E-state index contributed by atoms with van der Waals surface area (Å²) in [7, 11) is 0. The summed E-state index contributed by atoms with van der Waals surface area (Å²) >= 11 is 0. The minimum atomic E-state index is -0.745.